The molecule has 2 heterocycles. The minimum absolute atomic E-state index is 0.0968. The van der Waals surface area contributed by atoms with Crippen LogP contribution < -0.4 is 4.74 Å². The minimum atomic E-state index is -0.504. The number of aromatic nitrogens is 2. The first-order chi connectivity index (χ1) is 12.5. The quantitative estimate of drug-likeness (QED) is 0.516. The molecule has 0 radical (unpaired) electrons. The van der Waals surface area contributed by atoms with Gasteiger partial charge in [-0.05, 0) is 59.1 Å². The van der Waals surface area contributed by atoms with Crippen LogP contribution in [0, 0.1) is 6.92 Å². The molecule has 3 rings (SSSR count). The maximum Gasteiger partial charge on any atom is 0.339 e. The zero-order chi connectivity index (χ0) is 18.7. The van der Waals surface area contributed by atoms with Crippen molar-refractivity contribution in [3.63, 3.8) is 0 Å². The molecule has 0 amide bonds. The summed E-state index contributed by atoms with van der Waals surface area (Å²) in [6.07, 6.45) is 0.963. The smallest absolute Gasteiger partial charge is 0.339 e. The zero-order valence-corrected chi connectivity index (χ0v) is 16.9. The molecule has 0 aliphatic carbocycles. The van der Waals surface area contributed by atoms with E-state index >= 15 is 0 Å². The molecule has 0 aliphatic heterocycles. The Labute approximate surface area is 163 Å². The average Bonchev–Trinajstić information content (AvgIpc) is 3.26. The molecule has 0 fully saturated rings. The summed E-state index contributed by atoms with van der Waals surface area (Å²) in [5.74, 6) is 0.749. The van der Waals surface area contributed by atoms with Gasteiger partial charge < -0.3 is 13.9 Å². The topological polar surface area (TPSA) is 74.5 Å². The standard InChI is InChI=1S/C18H17BrN2O4S/c1-4-14-10(2)7-15(26-14)17-21-20-16(25-17)9-24-18(22)12-8-11(23-3)5-6-13(12)19/h5-8H,4,9H2,1-3H3. The summed E-state index contributed by atoms with van der Waals surface area (Å²) in [4.78, 5) is 14.5. The Hall–Kier alpha value is -2.19. The van der Waals surface area contributed by atoms with Gasteiger partial charge in [-0.25, -0.2) is 4.79 Å². The number of nitrogens with zero attached hydrogens (tertiary/aromatic N) is 2. The van der Waals surface area contributed by atoms with E-state index in [-0.39, 0.29) is 12.5 Å². The van der Waals surface area contributed by atoms with Crippen LogP contribution in [0.2, 0.25) is 0 Å². The number of halogens is 1. The van der Waals surface area contributed by atoms with Crippen LogP contribution in [0.5, 0.6) is 5.75 Å². The van der Waals surface area contributed by atoms with Gasteiger partial charge in [-0.3, -0.25) is 0 Å². The van der Waals surface area contributed by atoms with Gasteiger partial charge in [-0.2, -0.15) is 0 Å². The fraction of sp³-hybridized carbons (Fsp3) is 0.278. The van der Waals surface area contributed by atoms with Gasteiger partial charge in [0.2, 0.25) is 0 Å². The van der Waals surface area contributed by atoms with Gasteiger partial charge in [-0.15, -0.1) is 21.5 Å². The van der Waals surface area contributed by atoms with Crippen molar-refractivity contribution >= 4 is 33.2 Å². The molecule has 0 spiro atoms. The van der Waals surface area contributed by atoms with Crippen molar-refractivity contribution in [2.24, 2.45) is 0 Å². The fourth-order valence-electron chi connectivity index (χ4n) is 2.38. The molecular weight excluding hydrogens is 420 g/mol. The Morgan fingerprint density at radius 1 is 1.31 bits per heavy atom. The Bertz CT molecular complexity index is 935. The molecule has 0 saturated heterocycles. The van der Waals surface area contributed by atoms with E-state index in [4.69, 9.17) is 13.9 Å². The molecule has 2 aromatic heterocycles. The van der Waals surface area contributed by atoms with Crippen molar-refractivity contribution in [3.8, 4) is 16.5 Å². The lowest BCUT2D eigenvalue weighted by molar-refractivity contribution is 0.0437. The van der Waals surface area contributed by atoms with Crippen molar-refractivity contribution < 1.29 is 18.7 Å². The van der Waals surface area contributed by atoms with Crippen molar-refractivity contribution in [3.05, 3.63) is 50.6 Å². The summed E-state index contributed by atoms with van der Waals surface area (Å²) < 4.78 is 16.6. The van der Waals surface area contributed by atoms with Crippen molar-refractivity contribution in [2.75, 3.05) is 7.11 Å². The number of benzene rings is 1. The van der Waals surface area contributed by atoms with Crippen molar-refractivity contribution in [2.45, 2.75) is 26.9 Å². The molecule has 0 aliphatic rings. The molecule has 0 atom stereocenters. The van der Waals surface area contributed by atoms with Gasteiger partial charge in [0.1, 0.15) is 5.75 Å². The Morgan fingerprint density at radius 3 is 2.81 bits per heavy atom. The second kappa shape index (κ2) is 8.01. The first-order valence-corrected chi connectivity index (χ1v) is 9.55. The number of hydrogen-bond acceptors (Lipinski definition) is 7. The summed E-state index contributed by atoms with van der Waals surface area (Å²) >= 11 is 4.96. The lowest BCUT2D eigenvalue weighted by Crippen LogP contribution is -2.06. The van der Waals surface area contributed by atoms with Gasteiger partial charge in [-0.1, -0.05) is 6.92 Å². The molecule has 136 valence electrons. The van der Waals surface area contributed by atoms with E-state index in [0.717, 1.165) is 11.3 Å². The summed E-state index contributed by atoms with van der Waals surface area (Å²) in [7, 11) is 1.54. The number of aryl methyl sites for hydroxylation is 2. The highest BCUT2D eigenvalue weighted by molar-refractivity contribution is 9.10. The molecular formula is C18H17BrN2O4S. The summed E-state index contributed by atoms with van der Waals surface area (Å²) in [6.45, 7) is 4.07. The monoisotopic (exact) mass is 436 g/mol. The van der Waals surface area contributed by atoms with E-state index in [0.29, 0.717) is 21.7 Å². The lowest BCUT2D eigenvalue weighted by atomic mass is 10.2. The molecule has 26 heavy (non-hydrogen) atoms. The normalized spacial score (nSPS) is 10.8. The number of carbonyl (C=O) groups excluding carboxylic acids is 1. The Balaban J connectivity index is 1.69. The maximum absolute atomic E-state index is 12.3. The van der Waals surface area contributed by atoms with Crippen LogP contribution in [0.3, 0.4) is 0 Å². The zero-order valence-electron chi connectivity index (χ0n) is 14.5. The number of esters is 1. The van der Waals surface area contributed by atoms with Gasteiger partial charge in [0.05, 0.1) is 17.6 Å². The second-order valence-electron chi connectivity index (χ2n) is 5.49. The van der Waals surface area contributed by atoms with E-state index < -0.39 is 5.97 Å². The van der Waals surface area contributed by atoms with Gasteiger partial charge >= 0.3 is 5.97 Å². The van der Waals surface area contributed by atoms with Crippen LogP contribution in [-0.4, -0.2) is 23.3 Å². The maximum atomic E-state index is 12.3. The fourth-order valence-corrected chi connectivity index (χ4v) is 3.82. The van der Waals surface area contributed by atoms with E-state index in [1.807, 2.05) is 6.07 Å². The van der Waals surface area contributed by atoms with Crippen LogP contribution in [-0.2, 0) is 17.8 Å². The van der Waals surface area contributed by atoms with Gasteiger partial charge in [0, 0.05) is 9.35 Å². The lowest BCUT2D eigenvalue weighted by Gasteiger charge is -2.06. The third kappa shape index (κ3) is 3.96. The highest BCUT2D eigenvalue weighted by Crippen LogP contribution is 2.31. The van der Waals surface area contributed by atoms with Crippen LogP contribution >= 0.6 is 27.3 Å². The predicted molar refractivity (Wildman–Crippen MR) is 102 cm³/mol. The number of methoxy groups -OCH3 is 1. The molecule has 8 heteroatoms. The highest BCUT2D eigenvalue weighted by atomic mass is 79.9. The van der Waals surface area contributed by atoms with Crippen LogP contribution in [0.25, 0.3) is 10.8 Å². The van der Waals surface area contributed by atoms with Crippen LogP contribution in [0.4, 0.5) is 0 Å². The third-order valence-electron chi connectivity index (χ3n) is 3.74. The van der Waals surface area contributed by atoms with Gasteiger partial charge in [0.25, 0.3) is 11.8 Å². The molecule has 6 nitrogen and oxygen atoms in total. The van der Waals surface area contributed by atoms with E-state index in [1.165, 1.54) is 17.6 Å². The SMILES string of the molecule is CCc1sc(-c2nnc(COC(=O)c3cc(OC)ccc3Br)o2)cc1C. The van der Waals surface area contributed by atoms with Crippen molar-refractivity contribution in [1.82, 2.24) is 10.2 Å². The number of thiophene rings is 1. The summed E-state index contributed by atoms with van der Waals surface area (Å²) in [6, 6.07) is 7.11. The summed E-state index contributed by atoms with van der Waals surface area (Å²) in [5.41, 5.74) is 1.58. The van der Waals surface area contributed by atoms with Crippen LogP contribution in [0.15, 0.2) is 33.2 Å². The van der Waals surface area contributed by atoms with Crippen LogP contribution in [0.1, 0.15) is 33.6 Å². The average molecular weight is 437 g/mol. The first-order valence-electron chi connectivity index (χ1n) is 7.94. The molecule has 1 aromatic carbocycles. The first kappa shape index (κ1) is 18.6. The third-order valence-corrected chi connectivity index (χ3v) is 5.80. The molecule has 0 unspecified atom stereocenters. The van der Waals surface area contributed by atoms with E-state index in [2.05, 4.69) is 40.0 Å². The number of ether oxygens (including phenoxy) is 2. The molecule has 0 bridgehead atoms. The molecule has 3 aromatic rings. The predicted octanol–water partition coefficient (Wildman–Crippen LogP) is 4.80. The minimum Gasteiger partial charge on any atom is -0.497 e. The number of carbonyl (C=O) groups is 1. The van der Waals surface area contributed by atoms with Crippen molar-refractivity contribution in [1.29, 1.82) is 0 Å². The largest absolute Gasteiger partial charge is 0.497 e. The Kier molecular flexibility index (Phi) is 5.73. The summed E-state index contributed by atoms with van der Waals surface area (Å²) in [5, 5.41) is 8.00. The highest BCUT2D eigenvalue weighted by Gasteiger charge is 2.17. The second-order valence-corrected chi connectivity index (χ2v) is 7.48. The van der Waals surface area contributed by atoms with E-state index in [9.17, 15) is 4.79 Å². The molecule has 0 N–H and O–H groups in total. The number of rotatable bonds is 6. The van der Waals surface area contributed by atoms with Gasteiger partial charge in [0.15, 0.2) is 6.61 Å². The molecule has 0 saturated carbocycles. The Morgan fingerprint density at radius 2 is 2.12 bits per heavy atom. The van der Waals surface area contributed by atoms with E-state index in [1.54, 1.807) is 29.5 Å². The number of hydrogen-bond donors (Lipinski definition) is 0.